The van der Waals surface area contributed by atoms with Gasteiger partial charge >= 0.3 is 0 Å². The molecule has 2 rings (SSSR count). The van der Waals surface area contributed by atoms with Crippen molar-refractivity contribution in [1.29, 1.82) is 0 Å². The van der Waals surface area contributed by atoms with E-state index in [0.29, 0.717) is 48.1 Å². The normalized spacial score (nSPS) is 11.0. The molecule has 0 saturated heterocycles. The van der Waals surface area contributed by atoms with E-state index in [1.54, 1.807) is 32.0 Å². The lowest BCUT2D eigenvalue weighted by Crippen LogP contribution is -2.26. The average Bonchev–Trinajstić information content (AvgIpc) is 2.55. The topological polar surface area (TPSA) is 54.9 Å². The van der Waals surface area contributed by atoms with Crippen molar-refractivity contribution in [3.8, 4) is 0 Å². The Bertz CT molecular complexity index is 748. The summed E-state index contributed by atoms with van der Waals surface area (Å²) in [7, 11) is 0. The van der Waals surface area contributed by atoms with Gasteiger partial charge in [-0.3, -0.25) is 4.79 Å². The fraction of sp³-hybridized carbons (Fsp3) is 0.389. The van der Waals surface area contributed by atoms with E-state index < -0.39 is 5.76 Å². The number of benzene rings is 1. The van der Waals surface area contributed by atoms with Crippen LogP contribution in [-0.4, -0.2) is 28.2 Å². The maximum atomic E-state index is 13.5. The van der Waals surface area contributed by atoms with Crippen molar-refractivity contribution in [2.45, 2.75) is 44.0 Å². The summed E-state index contributed by atoms with van der Waals surface area (Å²) in [4.78, 5) is 20.1. The number of rotatable bonds is 8. The molecule has 0 radical (unpaired) electrons. The molecule has 1 aromatic carbocycles. The zero-order chi connectivity index (χ0) is 19.1. The maximum Gasteiger partial charge on any atom is 0.291 e. The lowest BCUT2D eigenvalue weighted by Gasteiger charge is -2.11. The third kappa shape index (κ3) is 6.01. The number of nitrogens with one attached hydrogen (secondary N) is 1. The molecule has 0 aliphatic rings. The Hall–Kier alpha value is -2.09. The summed E-state index contributed by atoms with van der Waals surface area (Å²) < 4.78 is 38.3. The molecule has 2 aromatic rings. The molecule has 1 amide bonds. The predicted molar refractivity (Wildman–Crippen MR) is 94.8 cm³/mol. The standard InChI is InChI=1S/C18H20F3N3OS/c1-11-14(12(2)24-18(23-11)26-17(20)21)7-8-16(25)22-10-9-13-5-3-4-6-15(13)19/h3-6,17H,7-10H2,1-2H3,(H,22,25). The second kappa shape index (κ2) is 9.56. The van der Waals surface area contributed by atoms with Crippen LogP contribution in [0.4, 0.5) is 13.2 Å². The third-order valence-electron chi connectivity index (χ3n) is 3.87. The number of carbonyl (C=O) groups excluding carboxylic acids is 1. The van der Waals surface area contributed by atoms with E-state index in [2.05, 4.69) is 15.3 Å². The summed E-state index contributed by atoms with van der Waals surface area (Å²) in [5.41, 5.74) is 2.53. The zero-order valence-corrected chi connectivity index (χ0v) is 15.4. The van der Waals surface area contributed by atoms with Crippen LogP contribution in [0, 0.1) is 19.7 Å². The molecule has 0 aliphatic carbocycles. The van der Waals surface area contributed by atoms with Crippen LogP contribution in [0.5, 0.6) is 0 Å². The summed E-state index contributed by atoms with van der Waals surface area (Å²) in [6.45, 7) is 3.78. The Labute approximate surface area is 154 Å². The van der Waals surface area contributed by atoms with Gasteiger partial charge in [-0.15, -0.1) is 0 Å². The molecular formula is C18H20F3N3OS. The van der Waals surface area contributed by atoms with Gasteiger partial charge in [-0.2, -0.15) is 8.78 Å². The smallest absolute Gasteiger partial charge is 0.291 e. The minimum Gasteiger partial charge on any atom is -0.356 e. The average molecular weight is 383 g/mol. The van der Waals surface area contributed by atoms with Crippen LogP contribution in [-0.2, 0) is 17.6 Å². The first kappa shape index (κ1) is 20.2. The summed E-state index contributed by atoms with van der Waals surface area (Å²) in [6, 6.07) is 6.44. The molecular weight excluding hydrogens is 363 g/mol. The number of aromatic nitrogens is 2. The lowest BCUT2D eigenvalue weighted by atomic mass is 10.1. The molecule has 1 aromatic heterocycles. The minimum atomic E-state index is -2.57. The highest BCUT2D eigenvalue weighted by atomic mass is 32.2. The van der Waals surface area contributed by atoms with E-state index in [4.69, 9.17) is 0 Å². The number of carbonyl (C=O) groups is 1. The molecule has 140 valence electrons. The summed E-state index contributed by atoms with van der Waals surface area (Å²) in [6.07, 6.45) is 1.06. The molecule has 0 saturated carbocycles. The van der Waals surface area contributed by atoms with Crippen LogP contribution in [0.3, 0.4) is 0 Å². The molecule has 4 nitrogen and oxygen atoms in total. The van der Waals surface area contributed by atoms with E-state index in [1.807, 2.05) is 0 Å². The van der Waals surface area contributed by atoms with Gasteiger partial charge in [0, 0.05) is 24.4 Å². The molecule has 0 unspecified atom stereocenters. The number of aryl methyl sites for hydroxylation is 2. The van der Waals surface area contributed by atoms with E-state index >= 15 is 0 Å². The van der Waals surface area contributed by atoms with E-state index in [0.717, 1.165) is 5.56 Å². The van der Waals surface area contributed by atoms with Gasteiger partial charge in [0.05, 0.1) is 0 Å². The number of hydrogen-bond donors (Lipinski definition) is 1. The first-order valence-electron chi connectivity index (χ1n) is 8.16. The Morgan fingerprint density at radius 1 is 1.15 bits per heavy atom. The number of hydrogen-bond acceptors (Lipinski definition) is 4. The van der Waals surface area contributed by atoms with Gasteiger partial charge < -0.3 is 5.32 Å². The molecule has 0 spiro atoms. The Balaban J connectivity index is 1.84. The van der Waals surface area contributed by atoms with Crippen molar-refractivity contribution in [3.63, 3.8) is 0 Å². The van der Waals surface area contributed by atoms with Gasteiger partial charge in [0.25, 0.3) is 5.76 Å². The van der Waals surface area contributed by atoms with Gasteiger partial charge in [0.1, 0.15) is 5.82 Å². The quantitative estimate of drug-likeness (QED) is 0.556. The monoisotopic (exact) mass is 383 g/mol. The van der Waals surface area contributed by atoms with Crippen LogP contribution >= 0.6 is 11.8 Å². The molecule has 1 heterocycles. The molecule has 0 aliphatic heterocycles. The van der Waals surface area contributed by atoms with E-state index in [-0.39, 0.29) is 23.3 Å². The van der Waals surface area contributed by atoms with Gasteiger partial charge in [0.2, 0.25) is 5.91 Å². The Morgan fingerprint density at radius 3 is 2.42 bits per heavy atom. The van der Waals surface area contributed by atoms with Crippen molar-refractivity contribution >= 4 is 17.7 Å². The number of halogens is 3. The number of amides is 1. The van der Waals surface area contributed by atoms with Crippen LogP contribution in [0.25, 0.3) is 0 Å². The van der Waals surface area contributed by atoms with Crippen molar-refractivity contribution in [2.24, 2.45) is 0 Å². The second-order valence-electron chi connectivity index (χ2n) is 5.73. The summed E-state index contributed by atoms with van der Waals surface area (Å²) in [5.74, 6) is -3.02. The first-order valence-corrected chi connectivity index (χ1v) is 9.04. The third-order valence-corrected chi connectivity index (χ3v) is 4.44. The molecule has 0 fully saturated rings. The molecule has 8 heteroatoms. The fourth-order valence-electron chi connectivity index (χ4n) is 2.57. The van der Waals surface area contributed by atoms with Crippen molar-refractivity contribution in [2.75, 3.05) is 6.54 Å². The van der Waals surface area contributed by atoms with Gasteiger partial charge in [-0.25, -0.2) is 14.4 Å². The zero-order valence-electron chi connectivity index (χ0n) is 14.6. The van der Waals surface area contributed by atoms with Crippen LogP contribution in [0.15, 0.2) is 29.4 Å². The predicted octanol–water partition coefficient (Wildman–Crippen LogP) is 3.84. The largest absolute Gasteiger partial charge is 0.356 e. The van der Waals surface area contributed by atoms with Crippen LogP contribution in [0.2, 0.25) is 0 Å². The molecule has 26 heavy (non-hydrogen) atoms. The number of nitrogens with zero attached hydrogens (tertiary/aromatic N) is 2. The number of alkyl halides is 2. The Morgan fingerprint density at radius 2 is 1.81 bits per heavy atom. The first-order chi connectivity index (χ1) is 12.4. The molecule has 0 atom stereocenters. The van der Waals surface area contributed by atoms with Crippen molar-refractivity contribution in [1.82, 2.24) is 15.3 Å². The van der Waals surface area contributed by atoms with Gasteiger partial charge in [-0.1, -0.05) is 18.2 Å². The fourth-order valence-corrected chi connectivity index (χ4v) is 3.11. The highest BCUT2D eigenvalue weighted by molar-refractivity contribution is 7.99. The second-order valence-corrected chi connectivity index (χ2v) is 6.68. The van der Waals surface area contributed by atoms with Crippen LogP contribution < -0.4 is 5.32 Å². The minimum absolute atomic E-state index is 0.0353. The number of thioether (sulfide) groups is 1. The SMILES string of the molecule is Cc1nc(SC(F)F)nc(C)c1CCC(=O)NCCc1ccccc1F. The summed E-state index contributed by atoms with van der Waals surface area (Å²) in [5, 5.41) is 2.79. The lowest BCUT2D eigenvalue weighted by molar-refractivity contribution is -0.121. The summed E-state index contributed by atoms with van der Waals surface area (Å²) >= 11 is 0.305. The van der Waals surface area contributed by atoms with E-state index in [1.165, 1.54) is 6.07 Å². The van der Waals surface area contributed by atoms with Crippen molar-refractivity contribution < 1.29 is 18.0 Å². The Kier molecular flexibility index (Phi) is 7.44. The highest BCUT2D eigenvalue weighted by Crippen LogP contribution is 2.24. The van der Waals surface area contributed by atoms with Gasteiger partial charge in [0.15, 0.2) is 5.16 Å². The van der Waals surface area contributed by atoms with Gasteiger partial charge in [-0.05, 0) is 55.6 Å². The maximum absolute atomic E-state index is 13.5. The van der Waals surface area contributed by atoms with Crippen molar-refractivity contribution in [3.05, 3.63) is 52.6 Å². The highest BCUT2D eigenvalue weighted by Gasteiger charge is 2.14. The molecule has 0 bridgehead atoms. The van der Waals surface area contributed by atoms with E-state index in [9.17, 15) is 18.0 Å². The molecule has 1 N–H and O–H groups in total. The van der Waals surface area contributed by atoms with Crippen LogP contribution in [0.1, 0.15) is 28.9 Å².